The number of hydrogen-bond donors (Lipinski definition) is 0. The first kappa shape index (κ1) is 10.8. The topological polar surface area (TPSA) is 22.2 Å². The average molecular weight is 234 g/mol. The van der Waals surface area contributed by atoms with Crippen LogP contribution in [0, 0.1) is 6.92 Å². The van der Waals surface area contributed by atoms with Crippen LogP contribution in [0.2, 0.25) is 0 Å². The molecular weight excluding hydrogens is 222 g/mol. The van der Waals surface area contributed by atoms with E-state index in [1.165, 1.54) is 0 Å². The zero-order valence-electron chi connectivity index (χ0n) is 8.92. The fourth-order valence-corrected chi connectivity index (χ4v) is 1.99. The number of aromatic nitrogens is 3. The van der Waals surface area contributed by atoms with Crippen LogP contribution in [0.3, 0.4) is 0 Å². The zero-order valence-corrected chi connectivity index (χ0v) is 9.74. The van der Waals surface area contributed by atoms with Gasteiger partial charge in [-0.1, -0.05) is 18.7 Å². The summed E-state index contributed by atoms with van der Waals surface area (Å²) in [5, 5.41) is 0. The lowest BCUT2D eigenvalue weighted by atomic mass is 10.3. The molecule has 0 amide bonds. The van der Waals surface area contributed by atoms with Crippen molar-refractivity contribution < 1.29 is 0 Å². The van der Waals surface area contributed by atoms with Crippen molar-refractivity contribution in [2.24, 2.45) is 0 Å². The van der Waals surface area contributed by atoms with E-state index in [0.29, 0.717) is 0 Å². The second-order valence-electron chi connectivity index (χ2n) is 3.59. The van der Waals surface area contributed by atoms with Crippen LogP contribution in [0.1, 0.15) is 5.69 Å². The minimum Gasteiger partial charge on any atom is -0.286 e. The molecule has 3 nitrogen and oxygen atoms in total. The summed E-state index contributed by atoms with van der Waals surface area (Å²) in [5.74, 6) is 0.920. The van der Waals surface area contributed by atoms with E-state index in [1.807, 2.05) is 29.8 Å². The molecule has 0 N–H and O–H groups in total. The minimum atomic E-state index is 0. The first-order chi connectivity index (χ1) is 7.31. The van der Waals surface area contributed by atoms with Crippen LogP contribution in [-0.4, -0.2) is 14.0 Å². The highest BCUT2D eigenvalue weighted by Crippen LogP contribution is 2.20. The smallest absolute Gasteiger partial charge is 0.219 e. The highest BCUT2D eigenvalue weighted by atomic mass is 35.5. The van der Waals surface area contributed by atoms with Crippen LogP contribution in [0.25, 0.3) is 23.0 Å². The summed E-state index contributed by atoms with van der Waals surface area (Å²) in [6.07, 6.45) is 3.84. The lowest BCUT2D eigenvalue weighted by molar-refractivity contribution is 1.16. The predicted octanol–water partition coefficient (Wildman–Crippen LogP) is 3.12. The molecule has 0 fully saturated rings. The minimum absolute atomic E-state index is 0. The maximum atomic E-state index is 4.48. The molecule has 82 valence electrons. The molecule has 0 atom stereocenters. The Hall–Kier alpha value is -1.74. The third-order valence-corrected chi connectivity index (χ3v) is 2.61. The molecule has 0 unspecified atom stereocenters. The van der Waals surface area contributed by atoms with Crippen molar-refractivity contribution in [3.63, 3.8) is 0 Å². The molecule has 0 saturated carbocycles. The van der Waals surface area contributed by atoms with Crippen LogP contribution in [0.15, 0.2) is 37.0 Å². The standard InChI is InChI=1S/C12H11N3.ClH/c1-3-14-10-6-4-5-7-11(10)15-8-9(2)13-12(14)15;/h3-8H,1H2,2H3;1H. The van der Waals surface area contributed by atoms with E-state index in [4.69, 9.17) is 0 Å². The van der Waals surface area contributed by atoms with Crippen LogP contribution >= 0.6 is 12.4 Å². The molecular formula is C12H12ClN3. The largest absolute Gasteiger partial charge is 0.286 e. The fraction of sp³-hybridized carbons (Fsp3) is 0.0833. The summed E-state index contributed by atoms with van der Waals surface area (Å²) in [4.78, 5) is 4.48. The lowest BCUT2D eigenvalue weighted by Crippen LogP contribution is -1.86. The van der Waals surface area contributed by atoms with Gasteiger partial charge in [-0.15, -0.1) is 12.4 Å². The van der Waals surface area contributed by atoms with Crippen molar-refractivity contribution in [1.82, 2.24) is 14.0 Å². The maximum Gasteiger partial charge on any atom is 0.219 e. The summed E-state index contributed by atoms with van der Waals surface area (Å²) in [6.45, 7) is 5.82. The number of imidazole rings is 2. The van der Waals surface area contributed by atoms with Crippen LogP contribution in [0.4, 0.5) is 0 Å². The molecule has 3 aromatic rings. The van der Waals surface area contributed by atoms with E-state index >= 15 is 0 Å². The normalized spacial score (nSPS) is 10.6. The molecule has 0 aliphatic carbocycles. The lowest BCUT2D eigenvalue weighted by Gasteiger charge is -1.94. The van der Waals surface area contributed by atoms with E-state index in [9.17, 15) is 0 Å². The van der Waals surface area contributed by atoms with Gasteiger partial charge in [-0.05, 0) is 19.1 Å². The van der Waals surface area contributed by atoms with Crippen molar-refractivity contribution in [2.75, 3.05) is 0 Å². The van der Waals surface area contributed by atoms with Crippen LogP contribution in [-0.2, 0) is 0 Å². The second kappa shape index (κ2) is 3.68. The summed E-state index contributed by atoms with van der Waals surface area (Å²) in [7, 11) is 0. The Labute approximate surface area is 99.4 Å². The maximum absolute atomic E-state index is 4.48. The van der Waals surface area contributed by atoms with Gasteiger partial charge >= 0.3 is 0 Å². The Morgan fingerprint density at radius 2 is 1.94 bits per heavy atom. The molecule has 0 spiro atoms. The summed E-state index contributed by atoms with van der Waals surface area (Å²) in [5.41, 5.74) is 3.31. The van der Waals surface area contributed by atoms with Crippen molar-refractivity contribution >= 4 is 35.4 Å². The van der Waals surface area contributed by atoms with E-state index in [0.717, 1.165) is 22.5 Å². The highest BCUT2D eigenvalue weighted by molar-refractivity contribution is 5.85. The molecule has 0 bridgehead atoms. The number of nitrogens with zero attached hydrogens (tertiary/aromatic N) is 3. The predicted molar refractivity (Wildman–Crippen MR) is 69.1 cm³/mol. The first-order valence-electron chi connectivity index (χ1n) is 4.88. The summed E-state index contributed by atoms with van der Waals surface area (Å²) >= 11 is 0. The molecule has 0 radical (unpaired) electrons. The SMILES string of the molecule is C=Cn1c2ccccc2n2cc(C)nc12.Cl. The van der Waals surface area contributed by atoms with Crippen molar-refractivity contribution in [3.05, 3.63) is 42.7 Å². The van der Waals surface area contributed by atoms with E-state index in [-0.39, 0.29) is 12.4 Å². The fourth-order valence-electron chi connectivity index (χ4n) is 1.99. The van der Waals surface area contributed by atoms with Crippen molar-refractivity contribution in [1.29, 1.82) is 0 Å². The molecule has 3 rings (SSSR count). The number of fused-ring (bicyclic) bond motifs is 3. The third-order valence-electron chi connectivity index (χ3n) is 2.61. The van der Waals surface area contributed by atoms with Gasteiger partial charge in [0.05, 0.1) is 16.7 Å². The number of hydrogen-bond acceptors (Lipinski definition) is 1. The number of para-hydroxylation sites is 2. The Balaban J connectivity index is 0.000000963. The third kappa shape index (κ3) is 1.25. The van der Waals surface area contributed by atoms with E-state index in [1.54, 1.807) is 6.20 Å². The monoisotopic (exact) mass is 233 g/mol. The molecule has 2 heterocycles. The van der Waals surface area contributed by atoms with Gasteiger partial charge < -0.3 is 0 Å². The van der Waals surface area contributed by atoms with Gasteiger partial charge in [0.15, 0.2) is 0 Å². The van der Waals surface area contributed by atoms with Gasteiger partial charge in [-0.25, -0.2) is 4.98 Å². The van der Waals surface area contributed by atoms with E-state index < -0.39 is 0 Å². The van der Waals surface area contributed by atoms with Crippen LogP contribution < -0.4 is 0 Å². The van der Waals surface area contributed by atoms with E-state index in [2.05, 4.69) is 28.1 Å². The number of halogens is 1. The average Bonchev–Trinajstić information content (AvgIpc) is 2.73. The van der Waals surface area contributed by atoms with Crippen molar-refractivity contribution in [3.8, 4) is 0 Å². The highest BCUT2D eigenvalue weighted by Gasteiger charge is 2.09. The summed E-state index contributed by atoms with van der Waals surface area (Å²) in [6, 6.07) is 8.21. The number of aryl methyl sites for hydroxylation is 1. The first-order valence-corrected chi connectivity index (χ1v) is 4.88. The number of rotatable bonds is 1. The quantitative estimate of drug-likeness (QED) is 0.633. The molecule has 4 heteroatoms. The van der Waals surface area contributed by atoms with Gasteiger partial charge in [-0.2, -0.15) is 0 Å². The Morgan fingerprint density at radius 1 is 1.25 bits per heavy atom. The van der Waals surface area contributed by atoms with Gasteiger partial charge in [0.25, 0.3) is 0 Å². The molecule has 0 saturated heterocycles. The second-order valence-corrected chi connectivity index (χ2v) is 3.59. The molecule has 1 aromatic carbocycles. The molecule has 2 aromatic heterocycles. The van der Waals surface area contributed by atoms with Crippen molar-refractivity contribution in [2.45, 2.75) is 6.92 Å². The molecule has 0 aliphatic heterocycles. The Bertz CT molecular complexity index is 663. The Kier molecular flexibility index (Phi) is 2.48. The Morgan fingerprint density at radius 3 is 2.62 bits per heavy atom. The van der Waals surface area contributed by atoms with Gasteiger partial charge in [0, 0.05) is 12.4 Å². The van der Waals surface area contributed by atoms with Gasteiger partial charge in [0.2, 0.25) is 5.78 Å². The molecule has 0 aliphatic rings. The van der Waals surface area contributed by atoms with Crippen LogP contribution in [0.5, 0.6) is 0 Å². The van der Waals surface area contributed by atoms with Gasteiger partial charge in [0.1, 0.15) is 0 Å². The summed E-state index contributed by atoms with van der Waals surface area (Å²) < 4.78 is 4.09. The number of benzene rings is 1. The zero-order chi connectivity index (χ0) is 10.4. The molecule has 16 heavy (non-hydrogen) atoms. The van der Waals surface area contributed by atoms with Gasteiger partial charge in [-0.3, -0.25) is 8.97 Å².